The minimum atomic E-state index is -0.625. The van der Waals surface area contributed by atoms with Gasteiger partial charge in [0.2, 0.25) is 0 Å². The highest BCUT2D eigenvalue weighted by molar-refractivity contribution is 5.96. The van der Waals surface area contributed by atoms with E-state index in [2.05, 4.69) is 36.3 Å². The standard InChI is InChI=1S/C21H22N2O3/c1-3-23(2)14-16-8-6-7-15(11-16)13-22-20(24)18-12-17-9-4-5-10-19(17)26-21(18)25/h4-12H,3,13-14H2,1-2H3,(H,22,24). The number of amides is 1. The van der Waals surface area contributed by atoms with Gasteiger partial charge in [-0.05, 0) is 36.9 Å². The van der Waals surface area contributed by atoms with Crippen molar-refractivity contribution in [3.05, 3.63) is 81.7 Å². The number of nitrogens with zero attached hydrogens (tertiary/aromatic N) is 1. The maximum absolute atomic E-state index is 12.4. The molecule has 5 nitrogen and oxygen atoms in total. The van der Waals surface area contributed by atoms with Gasteiger partial charge in [-0.15, -0.1) is 0 Å². The topological polar surface area (TPSA) is 62.6 Å². The summed E-state index contributed by atoms with van der Waals surface area (Å²) in [5.41, 5.74) is 2.05. The molecule has 5 heteroatoms. The number of para-hydroxylation sites is 1. The highest BCUT2D eigenvalue weighted by atomic mass is 16.4. The second-order valence-corrected chi connectivity index (χ2v) is 6.32. The van der Waals surface area contributed by atoms with E-state index in [1.807, 2.05) is 24.3 Å². The van der Waals surface area contributed by atoms with Crippen molar-refractivity contribution in [2.24, 2.45) is 0 Å². The van der Waals surface area contributed by atoms with Gasteiger partial charge >= 0.3 is 5.63 Å². The third kappa shape index (κ3) is 4.18. The summed E-state index contributed by atoms with van der Waals surface area (Å²) in [6.07, 6.45) is 0. The summed E-state index contributed by atoms with van der Waals surface area (Å²) in [7, 11) is 2.06. The number of benzene rings is 2. The molecule has 1 amide bonds. The highest BCUT2D eigenvalue weighted by Crippen LogP contribution is 2.13. The number of hydrogen-bond acceptors (Lipinski definition) is 4. The third-order valence-corrected chi connectivity index (χ3v) is 4.32. The van der Waals surface area contributed by atoms with E-state index in [4.69, 9.17) is 4.42 Å². The van der Waals surface area contributed by atoms with E-state index in [0.29, 0.717) is 12.1 Å². The fourth-order valence-corrected chi connectivity index (χ4v) is 2.76. The molecule has 1 N–H and O–H groups in total. The molecule has 0 bridgehead atoms. The molecule has 0 unspecified atom stereocenters. The molecule has 0 radical (unpaired) electrons. The predicted octanol–water partition coefficient (Wildman–Crippen LogP) is 3.17. The van der Waals surface area contributed by atoms with Crippen LogP contribution in [0.4, 0.5) is 0 Å². The van der Waals surface area contributed by atoms with Gasteiger partial charge in [0.25, 0.3) is 5.91 Å². The van der Waals surface area contributed by atoms with Crippen LogP contribution < -0.4 is 10.9 Å². The van der Waals surface area contributed by atoms with Crippen LogP contribution in [-0.4, -0.2) is 24.4 Å². The molecule has 0 aliphatic heterocycles. The van der Waals surface area contributed by atoms with Crippen LogP contribution in [0.1, 0.15) is 28.4 Å². The molecule has 1 heterocycles. The van der Waals surface area contributed by atoms with E-state index in [0.717, 1.165) is 24.0 Å². The predicted molar refractivity (Wildman–Crippen MR) is 102 cm³/mol. The molecule has 0 atom stereocenters. The maximum atomic E-state index is 12.4. The first kappa shape index (κ1) is 17.9. The molecule has 134 valence electrons. The molecule has 2 aromatic carbocycles. The number of nitrogens with one attached hydrogen (secondary N) is 1. The fraction of sp³-hybridized carbons (Fsp3) is 0.238. The molecule has 0 saturated carbocycles. The van der Waals surface area contributed by atoms with Crippen LogP contribution in [0.5, 0.6) is 0 Å². The summed E-state index contributed by atoms with van der Waals surface area (Å²) >= 11 is 0. The van der Waals surface area contributed by atoms with Gasteiger partial charge in [-0.3, -0.25) is 4.79 Å². The SMILES string of the molecule is CCN(C)Cc1cccc(CNC(=O)c2cc3ccccc3oc2=O)c1. The zero-order valence-corrected chi connectivity index (χ0v) is 15.0. The van der Waals surface area contributed by atoms with Gasteiger partial charge in [0, 0.05) is 18.5 Å². The summed E-state index contributed by atoms with van der Waals surface area (Å²) < 4.78 is 5.22. The van der Waals surface area contributed by atoms with Crippen molar-refractivity contribution in [2.45, 2.75) is 20.0 Å². The van der Waals surface area contributed by atoms with Crippen molar-refractivity contribution in [1.82, 2.24) is 10.2 Å². The first-order chi connectivity index (χ1) is 12.6. The minimum Gasteiger partial charge on any atom is -0.422 e. The number of carbonyl (C=O) groups is 1. The average molecular weight is 350 g/mol. The van der Waals surface area contributed by atoms with Gasteiger partial charge in [0.15, 0.2) is 0 Å². The summed E-state index contributed by atoms with van der Waals surface area (Å²) in [6, 6.07) is 16.8. The monoisotopic (exact) mass is 350 g/mol. The molecule has 3 rings (SSSR count). The second kappa shape index (κ2) is 7.97. The quantitative estimate of drug-likeness (QED) is 0.694. The van der Waals surface area contributed by atoms with Crippen molar-refractivity contribution in [3.63, 3.8) is 0 Å². The lowest BCUT2D eigenvalue weighted by atomic mass is 10.1. The van der Waals surface area contributed by atoms with Gasteiger partial charge in [-0.1, -0.05) is 49.4 Å². The van der Waals surface area contributed by atoms with Crippen molar-refractivity contribution in [3.8, 4) is 0 Å². The molecule has 3 aromatic rings. The molecule has 0 fully saturated rings. The first-order valence-electron chi connectivity index (χ1n) is 8.64. The first-order valence-corrected chi connectivity index (χ1v) is 8.64. The Hall–Kier alpha value is -2.92. The summed E-state index contributed by atoms with van der Waals surface area (Å²) in [6.45, 7) is 4.29. The lowest BCUT2D eigenvalue weighted by Gasteiger charge is -2.14. The van der Waals surface area contributed by atoms with Crippen LogP contribution in [0.25, 0.3) is 11.0 Å². The molecule has 0 spiro atoms. The Morgan fingerprint density at radius 3 is 2.65 bits per heavy atom. The Kier molecular flexibility index (Phi) is 5.49. The van der Waals surface area contributed by atoms with E-state index >= 15 is 0 Å². The zero-order chi connectivity index (χ0) is 18.5. The van der Waals surface area contributed by atoms with Crippen molar-refractivity contribution in [2.75, 3.05) is 13.6 Å². The minimum absolute atomic E-state index is 0.0190. The molecule has 26 heavy (non-hydrogen) atoms. The van der Waals surface area contributed by atoms with Gasteiger partial charge in [0.1, 0.15) is 11.1 Å². The average Bonchev–Trinajstić information content (AvgIpc) is 2.65. The van der Waals surface area contributed by atoms with Crippen LogP contribution in [-0.2, 0) is 13.1 Å². The van der Waals surface area contributed by atoms with Crippen LogP contribution in [0.15, 0.2) is 63.8 Å². The van der Waals surface area contributed by atoms with Gasteiger partial charge in [-0.2, -0.15) is 0 Å². The van der Waals surface area contributed by atoms with E-state index in [9.17, 15) is 9.59 Å². The summed E-state index contributed by atoms with van der Waals surface area (Å²) in [4.78, 5) is 26.7. The highest BCUT2D eigenvalue weighted by Gasteiger charge is 2.13. The Balaban J connectivity index is 1.72. The molecule has 1 aromatic heterocycles. The van der Waals surface area contributed by atoms with Crippen LogP contribution in [0.2, 0.25) is 0 Å². The normalized spacial score (nSPS) is 11.0. The fourth-order valence-electron chi connectivity index (χ4n) is 2.76. The van der Waals surface area contributed by atoms with Crippen LogP contribution in [0.3, 0.4) is 0 Å². The van der Waals surface area contributed by atoms with Gasteiger partial charge in [0.05, 0.1) is 0 Å². The molecular formula is C21H22N2O3. The summed E-state index contributed by atoms with van der Waals surface area (Å²) in [5.74, 6) is -0.430. The van der Waals surface area contributed by atoms with E-state index < -0.39 is 11.5 Å². The van der Waals surface area contributed by atoms with Crippen LogP contribution in [0, 0.1) is 0 Å². The Labute approximate surface area is 152 Å². The smallest absolute Gasteiger partial charge is 0.349 e. The van der Waals surface area contributed by atoms with Gasteiger partial charge < -0.3 is 14.6 Å². The number of hydrogen-bond donors (Lipinski definition) is 1. The van der Waals surface area contributed by atoms with Crippen molar-refractivity contribution < 1.29 is 9.21 Å². The Morgan fingerprint density at radius 1 is 1.08 bits per heavy atom. The van der Waals surface area contributed by atoms with Crippen molar-refractivity contribution >= 4 is 16.9 Å². The molecule has 0 saturated heterocycles. The van der Waals surface area contributed by atoms with Crippen LogP contribution >= 0.6 is 0 Å². The Bertz CT molecular complexity index is 978. The maximum Gasteiger partial charge on any atom is 0.349 e. The lowest BCUT2D eigenvalue weighted by Crippen LogP contribution is -2.27. The largest absolute Gasteiger partial charge is 0.422 e. The van der Waals surface area contributed by atoms with E-state index in [1.165, 1.54) is 5.56 Å². The van der Waals surface area contributed by atoms with E-state index in [1.54, 1.807) is 18.2 Å². The number of carbonyl (C=O) groups excluding carboxylic acids is 1. The molecule has 0 aliphatic carbocycles. The Morgan fingerprint density at radius 2 is 1.85 bits per heavy atom. The lowest BCUT2D eigenvalue weighted by molar-refractivity contribution is 0.0947. The molecule has 0 aliphatic rings. The van der Waals surface area contributed by atoms with E-state index in [-0.39, 0.29) is 5.56 Å². The number of rotatable bonds is 6. The number of fused-ring (bicyclic) bond motifs is 1. The van der Waals surface area contributed by atoms with Crippen molar-refractivity contribution in [1.29, 1.82) is 0 Å². The third-order valence-electron chi connectivity index (χ3n) is 4.32. The summed E-state index contributed by atoms with van der Waals surface area (Å²) in [5, 5.41) is 3.53. The van der Waals surface area contributed by atoms with Gasteiger partial charge in [-0.25, -0.2) is 4.79 Å². The molecular weight excluding hydrogens is 328 g/mol. The second-order valence-electron chi connectivity index (χ2n) is 6.32. The zero-order valence-electron chi connectivity index (χ0n) is 15.0.